The fraction of sp³-hybridized carbons (Fsp3) is 0.417. The molecular weight excluding hydrogens is 393 g/mol. The first-order valence-electron chi connectivity index (χ1n) is 11.1. The lowest BCUT2D eigenvalue weighted by atomic mass is 10.1. The number of piperidine rings is 1. The number of hydrogen-bond donors (Lipinski definition) is 0. The molecule has 5 rings (SSSR count). The first kappa shape index (κ1) is 20.0. The van der Waals surface area contributed by atoms with E-state index in [4.69, 9.17) is 14.7 Å². The molecule has 0 amide bonds. The Morgan fingerprint density at radius 1 is 1.00 bits per heavy atom. The van der Waals surface area contributed by atoms with Gasteiger partial charge in [-0.15, -0.1) is 0 Å². The quantitative estimate of drug-likeness (QED) is 0.615. The van der Waals surface area contributed by atoms with Gasteiger partial charge >= 0.3 is 0 Å². The Morgan fingerprint density at radius 2 is 1.81 bits per heavy atom. The highest BCUT2D eigenvalue weighted by Gasteiger charge is 2.26. The van der Waals surface area contributed by atoms with E-state index >= 15 is 0 Å². The van der Waals surface area contributed by atoms with Crippen molar-refractivity contribution in [3.8, 4) is 11.6 Å². The van der Waals surface area contributed by atoms with Gasteiger partial charge in [0.2, 0.25) is 11.8 Å². The van der Waals surface area contributed by atoms with E-state index in [9.17, 15) is 4.39 Å². The van der Waals surface area contributed by atoms with Gasteiger partial charge in [0.05, 0.1) is 11.3 Å². The first-order valence-corrected chi connectivity index (χ1v) is 11.1. The molecular formula is C24H28FN5O. The molecule has 2 aliphatic heterocycles. The molecule has 0 N–H and O–H groups in total. The van der Waals surface area contributed by atoms with E-state index in [1.54, 1.807) is 12.1 Å². The fourth-order valence-electron chi connectivity index (χ4n) is 4.39. The summed E-state index contributed by atoms with van der Waals surface area (Å²) in [6, 6.07) is 10.3. The smallest absolute Gasteiger partial charge is 0.228 e. The van der Waals surface area contributed by atoms with Crippen LogP contribution in [0.5, 0.6) is 11.6 Å². The number of aromatic nitrogens is 3. The van der Waals surface area contributed by atoms with Crippen molar-refractivity contribution in [2.24, 2.45) is 7.05 Å². The summed E-state index contributed by atoms with van der Waals surface area (Å²) in [5.74, 6) is 1.66. The van der Waals surface area contributed by atoms with Crippen LogP contribution in [0.15, 0.2) is 42.6 Å². The summed E-state index contributed by atoms with van der Waals surface area (Å²) in [5, 5.41) is 0. The van der Waals surface area contributed by atoms with Crippen molar-refractivity contribution in [3.63, 3.8) is 0 Å². The summed E-state index contributed by atoms with van der Waals surface area (Å²) in [4.78, 5) is 14.5. The van der Waals surface area contributed by atoms with E-state index in [2.05, 4.69) is 39.7 Å². The van der Waals surface area contributed by atoms with Crippen molar-refractivity contribution in [1.29, 1.82) is 0 Å². The van der Waals surface area contributed by atoms with Crippen molar-refractivity contribution < 1.29 is 9.13 Å². The van der Waals surface area contributed by atoms with Gasteiger partial charge in [-0.3, -0.25) is 4.90 Å². The van der Waals surface area contributed by atoms with Crippen LogP contribution in [0.25, 0.3) is 0 Å². The Balaban J connectivity index is 1.46. The minimum absolute atomic E-state index is 0.278. The number of hydrogen-bond acceptors (Lipinski definition) is 5. The number of halogens is 1. The lowest BCUT2D eigenvalue weighted by Gasteiger charge is -2.32. The summed E-state index contributed by atoms with van der Waals surface area (Å²) in [7, 11) is 2.07. The van der Waals surface area contributed by atoms with Crippen molar-refractivity contribution in [3.05, 3.63) is 65.4 Å². The zero-order chi connectivity index (χ0) is 21.2. The molecule has 0 unspecified atom stereocenters. The van der Waals surface area contributed by atoms with Crippen molar-refractivity contribution in [1.82, 2.24) is 19.4 Å². The predicted octanol–water partition coefficient (Wildman–Crippen LogP) is 4.30. The van der Waals surface area contributed by atoms with E-state index < -0.39 is 0 Å². The molecule has 162 valence electrons. The molecule has 7 heteroatoms. The second-order valence-electron chi connectivity index (χ2n) is 8.43. The highest BCUT2D eigenvalue weighted by Crippen LogP contribution is 2.32. The van der Waals surface area contributed by atoms with Gasteiger partial charge in [-0.05, 0) is 55.7 Å². The molecule has 0 saturated carbocycles. The van der Waals surface area contributed by atoms with Gasteiger partial charge in [-0.25, -0.2) is 9.37 Å². The van der Waals surface area contributed by atoms with E-state index in [-0.39, 0.29) is 5.82 Å². The van der Waals surface area contributed by atoms with Crippen molar-refractivity contribution in [2.45, 2.75) is 38.8 Å². The average Bonchev–Trinajstić information content (AvgIpc) is 3.20. The van der Waals surface area contributed by atoms with Crippen LogP contribution < -0.4 is 9.64 Å². The van der Waals surface area contributed by atoms with Crippen LogP contribution in [0.4, 0.5) is 10.3 Å². The zero-order valence-electron chi connectivity index (χ0n) is 17.9. The Morgan fingerprint density at radius 3 is 2.55 bits per heavy atom. The predicted molar refractivity (Wildman–Crippen MR) is 118 cm³/mol. The van der Waals surface area contributed by atoms with Crippen LogP contribution in [0.2, 0.25) is 0 Å². The third-order valence-corrected chi connectivity index (χ3v) is 6.19. The summed E-state index contributed by atoms with van der Waals surface area (Å²) >= 11 is 0. The number of fused-ring (bicyclic) bond motifs is 1. The van der Waals surface area contributed by atoms with Crippen LogP contribution in [-0.4, -0.2) is 39.1 Å². The second kappa shape index (κ2) is 8.67. The Labute approximate surface area is 182 Å². The normalized spacial score (nSPS) is 16.9. The summed E-state index contributed by atoms with van der Waals surface area (Å²) in [5.41, 5.74) is 3.37. The van der Waals surface area contributed by atoms with E-state index in [1.165, 1.54) is 37.1 Å². The molecule has 0 bridgehead atoms. The topological polar surface area (TPSA) is 46.4 Å². The van der Waals surface area contributed by atoms with Crippen LogP contribution in [0.1, 0.15) is 36.2 Å². The number of benzene rings is 1. The number of ether oxygens (including phenoxy) is 1. The van der Waals surface area contributed by atoms with Crippen molar-refractivity contribution in [2.75, 3.05) is 24.5 Å². The highest BCUT2D eigenvalue weighted by molar-refractivity contribution is 5.43. The lowest BCUT2D eigenvalue weighted by molar-refractivity contribution is 0.233. The van der Waals surface area contributed by atoms with E-state index in [0.29, 0.717) is 11.6 Å². The summed E-state index contributed by atoms with van der Waals surface area (Å²) in [6.45, 7) is 4.51. The summed E-state index contributed by atoms with van der Waals surface area (Å²) in [6.07, 6.45) is 6.53. The molecule has 6 nitrogen and oxygen atoms in total. The number of rotatable bonds is 5. The highest BCUT2D eigenvalue weighted by atomic mass is 19.1. The SMILES string of the molecule is Cn1cccc1CN1CCc2nc(N3CCCCC3)nc(Oc3ccc(F)cc3)c2C1. The van der Waals surface area contributed by atoms with E-state index in [1.807, 2.05) is 0 Å². The number of nitrogens with zero attached hydrogens (tertiary/aromatic N) is 5. The van der Waals surface area contributed by atoms with E-state index in [0.717, 1.165) is 56.4 Å². The Kier molecular flexibility index (Phi) is 5.59. The maximum Gasteiger partial charge on any atom is 0.228 e. The molecule has 0 atom stereocenters. The maximum absolute atomic E-state index is 13.4. The van der Waals surface area contributed by atoms with Gasteiger partial charge in [0.1, 0.15) is 11.6 Å². The zero-order valence-corrected chi connectivity index (χ0v) is 17.9. The molecule has 31 heavy (non-hydrogen) atoms. The Bertz CT molecular complexity index is 1040. The van der Waals surface area contributed by atoms with Gasteiger partial charge in [0.25, 0.3) is 0 Å². The van der Waals surface area contributed by atoms with Crippen molar-refractivity contribution >= 4 is 5.95 Å². The minimum atomic E-state index is -0.278. The van der Waals surface area contributed by atoms with Gasteiger partial charge in [-0.1, -0.05) is 0 Å². The van der Waals surface area contributed by atoms with Gasteiger partial charge in [0.15, 0.2) is 0 Å². The first-order chi connectivity index (χ1) is 15.2. The molecule has 4 heterocycles. The molecule has 2 aromatic heterocycles. The second-order valence-corrected chi connectivity index (χ2v) is 8.43. The third-order valence-electron chi connectivity index (χ3n) is 6.19. The third kappa shape index (κ3) is 4.42. The molecule has 0 radical (unpaired) electrons. The lowest BCUT2D eigenvalue weighted by Crippen LogP contribution is -2.34. The number of anilines is 1. The molecule has 0 spiro atoms. The average molecular weight is 422 g/mol. The van der Waals surface area contributed by atoms with Crippen LogP contribution in [0.3, 0.4) is 0 Å². The molecule has 0 aliphatic carbocycles. The van der Waals surface area contributed by atoms with Gasteiger partial charge in [-0.2, -0.15) is 4.98 Å². The van der Waals surface area contributed by atoms with Crippen LogP contribution in [0, 0.1) is 5.82 Å². The maximum atomic E-state index is 13.4. The molecule has 1 fully saturated rings. The van der Waals surface area contributed by atoms with Crippen LogP contribution in [-0.2, 0) is 26.6 Å². The molecule has 2 aliphatic rings. The fourth-order valence-corrected chi connectivity index (χ4v) is 4.39. The van der Waals surface area contributed by atoms with Gasteiger partial charge in [0, 0.05) is 58.1 Å². The largest absolute Gasteiger partial charge is 0.438 e. The molecule has 1 saturated heterocycles. The molecule has 1 aromatic carbocycles. The van der Waals surface area contributed by atoms with Gasteiger partial charge < -0.3 is 14.2 Å². The number of aryl methyl sites for hydroxylation is 1. The molecule has 3 aromatic rings. The monoisotopic (exact) mass is 421 g/mol. The standard InChI is InChI=1S/C24H28FN5O/c1-28-12-5-6-19(28)16-29-15-11-22-21(17-29)23(31-20-9-7-18(25)8-10-20)27-24(26-22)30-13-3-2-4-14-30/h5-10,12H,2-4,11,13-17H2,1H3. The van der Waals surface area contributed by atoms with Crippen LogP contribution >= 0.6 is 0 Å². The minimum Gasteiger partial charge on any atom is -0.438 e. The summed E-state index contributed by atoms with van der Waals surface area (Å²) < 4.78 is 21.7. The Hall–Kier alpha value is -2.93.